The number of likely N-dealkylation sites (tertiary alicyclic amines) is 1. The minimum atomic E-state index is -4.05. The molecule has 1 nitrogen and oxygen atoms in total. The molecule has 0 spiro atoms. The second-order valence-electron chi connectivity index (χ2n) is 4.45. The van der Waals surface area contributed by atoms with Gasteiger partial charge >= 0.3 is 6.18 Å². The Labute approximate surface area is 76.9 Å². The minimum absolute atomic E-state index is 0.0283. The molecule has 4 heteroatoms. The molecule has 1 atom stereocenters. The highest BCUT2D eigenvalue weighted by Crippen LogP contribution is 2.34. The van der Waals surface area contributed by atoms with Gasteiger partial charge < -0.3 is 0 Å². The lowest BCUT2D eigenvalue weighted by atomic mass is 9.88. The summed E-state index contributed by atoms with van der Waals surface area (Å²) in [4.78, 5) is 1.89. The van der Waals surface area contributed by atoms with E-state index in [2.05, 4.69) is 0 Å². The normalized spacial score (nSPS) is 25.4. The van der Waals surface area contributed by atoms with Gasteiger partial charge in [-0.3, -0.25) is 4.90 Å². The van der Waals surface area contributed by atoms with Gasteiger partial charge in [-0.05, 0) is 20.3 Å². The van der Waals surface area contributed by atoms with Crippen LogP contribution in [0.2, 0.25) is 0 Å². The average molecular weight is 195 g/mol. The lowest BCUT2D eigenvalue weighted by molar-refractivity contribution is -0.182. The second-order valence-corrected chi connectivity index (χ2v) is 4.45. The number of nitrogens with zero attached hydrogens (tertiary/aromatic N) is 1. The Morgan fingerprint density at radius 3 is 2.15 bits per heavy atom. The third kappa shape index (κ3) is 2.36. The van der Waals surface area contributed by atoms with Gasteiger partial charge in [0.2, 0.25) is 0 Å². The smallest absolute Gasteiger partial charge is 0.297 e. The Morgan fingerprint density at radius 2 is 1.92 bits per heavy atom. The number of hydrogen-bond acceptors (Lipinski definition) is 1. The maximum absolute atomic E-state index is 12.2. The zero-order valence-electron chi connectivity index (χ0n) is 8.28. The van der Waals surface area contributed by atoms with Gasteiger partial charge in [0.25, 0.3) is 0 Å². The zero-order chi connectivity index (χ0) is 10.3. The summed E-state index contributed by atoms with van der Waals surface area (Å²) in [6, 6.07) is 0. The second kappa shape index (κ2) is 3.15. The molecule has 0 radical (unpaired) electrons. The van der Waals surface area contributed by atoms with Gasteiger partial charge in [-0.2, -0.15) is 13.2 Å². The van der Waals surface area contributed by atoms with E-state index in [1.54, 1.807) is 0 Å². The molecule has 0 aliphatic carbocycles. The van der Waals surface area contributed by atoms with E-state index in [-0.39, 0.29) is 12.1 Å². The lowest BCUT2D eigenvalue weighted by Gasteiger charge is -2.49. The molecular weight excluding hydrogens is 179 g/mol. The Bertz CT molecular complexity index is 176. The quantitative estimate of drug-likeness (QED) is 0.654. The average Bonchev–Trinajstić information content (AvgIpc) is 1.96. The van der Waals surface area contributed by atoms with Crippen LogP contribution in [0.15, 0.2) is 0 Å². The van der Waals surface area contributed by atoms with Crippen molar-refractivity contribution in [2.75, 3.05) is 13.1 Å². The molecular formula is C9H16F3N. The molecule has 1 aliphatic rings. The summed E-state index contributed by atoms with van der Waals surface area (Å²) in [5.41, 5.74) is -0.0283. The topological polar surface area (TPSA) is 3.24 Å². The number of halogens is 3. The highest BCUT2D eigenvalue weighted by Gasteiger charge is 2.42. The lowest BCUT2D eigenvalue weighted by Crippen LogP contribution is -2.57. The van der Waals surface area contributed by atoms with E-state index in [1.807, 2.05) is 18.7 Å². The van der Waals surface area contributed by atoms with Crippen LogP contribution >= 0.6 is 0 Å². The molecule has 0 amide bonds. The number of rotatable bonds is 2. The van der Waals surface area contributed by atoms with Crippen molar-refractivity contribution in [2.45, 2.75) is 38.9 Å². The van der Waals surface area contributed by atoms with E-state index in [0.29, 0.717) is 0 Å². The van der Waals surface area contributed by atoms with Crippen LogP contribution < -0.4 is 0 Å². The fourth-order valence-corrected chi connectivity index (χ4v) is 1.49. The minimum Gasteiger partial charge on any atom is -0.297 e. The van der Waals surface area contributed by atoms with Crippen LogP contribution in [-0.4, -0.2) is 29.7 Å². The highest BCUT2D eigenvalue weighted by atomic mass is 19.4. The summed E-state index contributed by atoms with van der Waals surface area (Å²) < 4.78 is 36.6. The van der Waals surface area contributed by atoms with Crippen molar-refractivity contribution >= 4 is 0 Å². The van der Waals surface area contributed by atoms with E-state index in [4.69, 9.17) is 0 Å². The summed E-state index contributed by atoms with van der Waals surface area (Å²) in [6.45, 7) is 6.15. The third-order valence-electron chi connectivity index (χ3n) is 2.90. The molecule has 0 aromatic rings. The number of alkyl halides is 3. The molecule has 13 heavy (non-hydrogen) atoms. The predicted octanol–water partition coefficient (Wildman–Crippen LogP) is 2.67. The number of hydrogen-bond donors (Lipinski definition) is 0. The standard InChI is InChI=1S/C9H16F3N/c1-7(9(10,11)12)6-13-5-4-8(13,2)3/h7H,4-6H2,1-3H3. The molecule has 0 aromatic carbocycles. The largest absolute Gasteiger partial charge is 0.392 e. The Hall–Kier alpha value is -0.250. The summed E-state index contributed by atoms with van der Waals surface area (Å²) in [7, 11) is 0. The molecule has 1 aliphatic heterocycles. The van der Waals surface area contributed by atoms with Crippen molar-refractivity contribution in [2.24, 2.45) is 5.92 Å². The first kappa shape index (κ1) is 10.8. The van der Waals surface area contributed by atoms with E-state index in [9.17, 15) is 13.2 Å². The van der Waals surface area contributed by atoms with Gasteiger partial charge in [-0.25, -0.2) is 0 Å². The van der Waals surface area contributed by atoms with Crippen molar-refractivity contribution in [3.63, 3.8) is 0 Å². The van der Waals surface area contributed by atoms with Gasteiger partial charge in [-0.15, -0.1) is 0 Å². The fourth-order valence-electron chi connectivity index (χ4n) is 1.49. The summed E-state index contributed by atoms with van der Waals surface area (Å²) in [5.74, 6) is -1.22. The van der Waals surface area contributed by atoms with E-state index in [1.165, 1.54) is 6.92 Å². The molecule has 78 valence electrons. The maximum atomic E-state index is 12.2. The van der Waals surface area contributed by atoms with Gasteiger partial charge in [0.1, 0.15) is 0 Å². The molecule has 0 aromatic heterocycles. The van der Waals surface area contributed by atoms with Gasteiger partial charge in [0, 0.05) is 18.6 Å². The van der Waals surface area contributed by atoms with Crippen LogP contribution in [0.1, 0.15) is 27.2 Å². The van der Waals surface area contributed by atoms with Gasteiger partial charge in [0.15, 0.2) is 0 Å². The summed E-state index contributed by atoms with van der Waals surface area (Å²) in [5, 5.41) is 0. The molecule has 1 fully saturated rings. The van der Waals surface area contributed by atoms with Crippen molar-refractivity contribution in [3.05, 3.63) is 0 Å². The van der Waals surface area contributed by atoms with Crippen LogP contribution in [0.25, 0.3) is 0 Å². The van der Waals surface area contributed by atoms with Crippen LogP contribution in [-0.2, 0) is 0 Å². The van der Waals surface area contributed by atoms with Crippen molar-refractivity contribution in [1.29, 1.82) is 0 Å². The first-order valence-corrected chi connectivity index (χ1v) is 4.55. The molecule has 0 N–H and O–H groups in total. The summed E-state index contributed by atoms with van der Waals surface area (Å²) >= 11 is 0. The van der Waals surface area contributed by atoms with Crippen LogP contribution in [0, 0.1) is 5.92 Å². The van der Waals surface area contributed by atoms with E-state index < -0.39 is 12.1 Å². The third-order valence-corrected chi connectivity index (χ3v) is 2.90. The molecule has 1 heterocycles. The predicted molar refractivity (Wildman–Crippen MR) is 45.5 cm³/mol. The SMILES string of the molecule is CC(CN1CCC1(C)C)C(F)(F)F. The first-order chi connectivity index (χ1) is 5.73. The fraction of sp³-hybridized carbons (Fsp3) is 1.00. The molecule has 1 saturated heterocycles. The monoisotopic (exact) mass is 195 g/mol. The zero-order valence-corrected chi connectivity index (χ0v) is 8.28. The Balaban J connectivity index is 2.42. The van der Waals surface area contributed by atoms with Crippen LogP contribution in [0.3, 0.4) is 0 Å². The van der Waals surface area contributed by atoms with Crippen molar-refractivity contribution in [1.82, 2.24) is 4.90 Å². The highest BCUT2D eigenvalue weighted by molar-refractivity contribution is 4.92. The Morgan fingerprint density at radius 1 is 1.38 bits per heavy atom. The molecule has 1 rings (SSSR count). The van der Waals surface area contributed by atoms with Crippen LogP contribution in [0.5, 0.6) is 0 Å². The van der Waals surface area contributed by atoms with Crippen LogP contribution in [0.4, 0.5) is 13.2 Å². The van der Waals surface area contributed by atoms with Gasteiger partial charge in [0.05, 0.1) is 5.92 Å². The molecule has 1 unspecified atom stereocenters. The van der Waals surface area contributed by atoms with Crippen molar-refractivity contribution < 1.29 is 13.2 Å². The van der Waals surface area contributed by atoms with Gasteiger partial charge in [-0.1, -0.05) is 6.92 Å². The van der Waals surface area contributed by atoms with E-state index >= 15 is 0 Å². The molecule has 0 bridgehead atoms. The van der Waals surface area contributed by atoms with Crippen molar-refractivity contribution in [3.8, 4) is 0 Å². The van der Waals surface area contributed by atoms with E-state index in [0.717, 1.165) is 13.0 Å². The summed E-state index contributed by atoms with van der Waals surface area (Å²) in [6.07, 6.45) is -3.05. The maximum Gasteiger partial charge on any atom is 0.392 e. The molecule has 0 saturated carbocycles. The Kier molecular flexibility index (Phi) is 2.63. The first-order valence-electron chi connectivity index (χ1n) is 4.55.